The van der Waals surface area contributed by atoms with Crippen molar-refractivity contribution in [3.8, 4) is 5.75 Å². The number of piperazine rings is 1. The number of carbonyl (C=O) groups excluding carboxylic acids is 1. The normalized spacial score (nSPS) is 15.1. The largest absolute Gasteiger partial charge is 0.495 e. The van der Waals surface area contributed by atoms with E-state index in [-0.39, 0.29) is 47.2 Å². The molecule has 0 aliphatic carbocycles. The third-order valence-electron chi connectivity index (χ3n) is 6.31. The Kier molecular flexibility index (Phi) is 10.3. The standard InChI is InChI=1S/C25H26ClN3O4.2ClH/c1-17(25(30)20-5-9-22-19(15-20)6-10-23(33-2)24(22)26)28-13-11-27(12-14-28)16-18-3-7-21(8-4-18)29(31)32;;/h3-10,15,17H,11-14,16H2,1-2H3;2*1H. The third-order valence-corrected chi connectivity index (χ3v) is 6.70. The van der Waals surface area contributed by atoms with Crippen molar-refractivity contribution in [1.29, 1.82) is 0 Å². The Labute approximate surface area is 222 Å². The van der Waals surface area contributed by atoms with E-state index in [0.717, 1.165) is 49.1 Å². The zero-order valence-corrected chi connectivity index (χ0v) is 21.9. The Morgan fingerprint density at radius 2 is 1.71 bits per heavy atom. The highest BCUT2D eigenvalue weighted by Gasteiger charge is 2.26. The minimum atomic E-state index is -0.387. The van der Waals surface area contributed by atoms with Crippen LogP contribution >= 0.6 is 36.4 Å². The van der Waals surface area contributed by atoms with Crippen molar-refractivity contribution in [3.05, 3.63) is 80.9 Å². The summed E-state index contributed by atoms with van der Waals surface area (Å²) in [6.45, 7) is 5.94. The Hall–Kier alpha value is -2.42. The molecular formula is C25H28Cl3N3O4. The van der Waals surface area contributed by atoms with Gasteiger partial charge in [0.15, 0.2) is 5.78 Å². The van der Waals surface area contributed by atoms with E-state index in [9.17, 15) is 14.9 Å². The number of Topliss-reactive ketones (excluding diaryl/α,β-unsaturated/α-hetero) is 1. The van der Waals surface area contributed by atoms with E-state index in [4.69, 9.17) is 16.3 Å². The van der Waals surface area contributed by atoms with Crippen LogP contribution in [0.1, 0.15) is 22.8 Å². The van der Waals surface area contributed by atoms with Gasteiger partial charge in [0.05, 0.1) is 23.1 Å². The summed E-state index contributed by atoms with van der Waals surface area (Å²) >= 11 is 6.40. The molecule has 1 aliphatic rings. The van der Waals surface area contributed by atoms with Crippen LogP contribution in [0.4, 0.5) is 5.69 Å². The fourth-order valence-corrected chi connectivity index (χ4v) is 4.59. The molecule has 0 saturated carbocycles. The number of hydrogen-bond donors (Lipinski definition) is 0. The highest BCUT2D eigenvalue weighted by Crippen LogP contribution is 2.33. The number of nitro groups is 1. The zero-order valence-electron chi connectivity index (χ0n) is 19.5. The van der Waals surface area contributed by atoms with Crippen LogP contribution in [0, 0.1) is 10.1 Å². The third kappa shape index (κ3) is 6.42. The van der Waals surface area contributed by atoms with Crippen LogP contribution in [-0.4, -0.2) is 59.8 Å². The van der Waals surface area contributed by atoms with Crippen LogP contribution in [0.5, 0.6) is 5.75 Å². The lowest BCUT2D eigenvalue weighted by Gasteiger charge is -2.37. The molecule has 1 fully saturated rings. The van der Waals surface area contributed by atoms with Crippen LogP contribution in [0.2, 0.25) is 5.02 Å². The van der Waals surface area contributed by atoms with Gasteiger partial charge in [-0.05, 0) is 30.0 Å². The van der Waals surface area contributed by atoms with Crippen LogP contribution in [0.15, 0.2) is 54.6 Å². The van der Waals surface area contributed by atoms with Crippen molar-refractivity contribution in [3.63, 3.8) is 0 Å². The molecular weight excluding hydrogens is 513 g/mol. The van der Waals surface area contributed by atoms with Gasteiger partial charge >= 0.3 is 0 Å². The number of carbonyl (C=O) groups is 1. The molecule has 1 aliphatic heterocycles. The van der Waals surface area contributed by atoms with E-state index in [1.54, 1.807) is 31.4 Å². The number of nitrogens with zero attached hydrogens (tertiary/aromatic N) is 3. The quantitative estimate of drug-likeness (QED) is 0.219. The number of benzene rings is 3. The first kappa shape index (κ1) is 28.8. The topological polar surface area (TPSA) is 75.9 Å². The fourth-order valence-electron chi connectivity index (χ4n) is 4.28. The number of ether oxygens (including phenoxy) is 1. The van der Waals surface area contributed by atoms with Crippen molar-refractivity contribution < 1.29 is 14.5 Å². The van der Waals surface area contributed by atoms with E-state index in [2.05, 4.69) is 9.80 Å². The van der Waals surface area contributed by atoms with Crippen molar-refractivity contribution in [2.24, 2.45) is 0 Å². The van der Waals surface area contributed by atoms with Gasteiger partial charge in [0, 0.05) is 55.8 Å². The maximum absolute atomic E-state index is 13.2. The van der Waals surface area contributed by atoms with E-state index in [1.165, 1.54) is 0 Å². The lowest BCUT2D eigenvalue weighted by atomic mass is 9.99. The molecule has 10 heteroatoms. The van der Waals surface area contributed by atoms with Gasteiger partial charge in [-0.1, -0.05) is 41.9 Å². The predicted octanol–water partition coefficient (Wildman–Crippen LogP) is 5.64. The van der Waals surface area contributed by atoms with Gasteiger partial charge in [-0.25, -0.2) is 0 Å². The van der Waals surface area contributed by atoms with Crippen molar-refractivity contribution in [1.82, 2.24) is 9.80 Å². The summed E-state index contributed by atoms with van der Waals surface area (Å²) in [5.41, 5.74) is 1.82. The number of methoxy groups -OCH3 is 1. The zero-order chi connectivity index (χ0) is 23.5. The van der Waals surface area contributed by atoms with Crippen molar-refractivity contribution >= 4 is 58.7 Å². The van der Waals surface area contributed by atoms with E-state index < -0.39 is 0 Å². The molecule has 0 N–H and O–H groups in total. The van der Waals surface area contributed by atoms with Crippen molar-refractivity contribution in [2.75, 3.05) is 33.3 Å². The molecule has 1 unspecified atom stereocenters. The molecule has 1 heterocycles. The summed E-state index contributed by atoms with van der Waals surface area (Å²) in [5.74, 6) is 0.705. The Balaban J connectivity index is 0.00000216. The highest BCUT2D eigenvalue weighted by atomic mass is 35.5. The number of halogens is 3. The second-order valence-electron chi connectivity index (χ2n) is 8.29. The number of hydrogen-bond acceptors (Lipinski definition) is 6. The summed E-state index contributed by atoms with van der Waals surface area (Å²) in [4.78, 5) is 28.1. The second-order valence-corrected chi connectivity index (χ2v) is 8.67. The van der Waals surface area contributed by atoms with Crippen LogP contribution in [-0.2, 0) is 6.54 Å². The first-order chi connectivity index (χ1) is 15.9. The SMILES string of the molecule is COc1ccc2cc(C(=O)C(C)N3CCN(Cc4ccc([N+](=O)[O-])cc4)CC3)ccc2c1Cl.Cl.Cl. The van der Waals surface area contributed by atoms with E-state index in [1.807, 2.05) is 37.3 Å². The molecule has 188 valence electrons. The van der Waals surface area contributed by atoms with E-state index in [0.29, 0.717) is 16.3 Å². The number of rotatable bonds is 7. The van der Waals surface area contributed by atoms with Gasteiger partial charge in [0.25, 0.3) is 5.69 Å². The summed E-state index contributed by atoms with van der Waals surface area (Å²) in [6.07, 6.45) is 0. The monoisotopic (exact) mass is 539 g/mol. The van der Waals surface area contributed by atoms with Gasteiger partial charge in [0.1, 0.15) is 5.75 Å². The minimum absolute atomic E-state index is 0. The Morgan fingerprint density at radius 3 is 2.31 bits per heavy atom. The molecule has 0 radical (unpaired) electrons. The first-order valence-corrected chi connectivity index (χ1v) is 11.3. The average Bonchev–Trinajstić information content (AvgIpc) is 2.84. The molecule has 0 amide bonds. The summed E-state index contributed by atoms with van der Waals surface area (Å²) in [7, 11) is 1.58. The number of ketones is 1. The molecule has 7 nitrogen and oxygen atoms in total. The molecule has 3 aromatic carbocycles. The van der Waals surface area contributed by atoms with E-state index >= 15 is 0 Å². The molecule has 1 atom stereocenters. The molecule has 0 spiro atoms. The van der Waals surface area contributed by atoms with Gasteiger partial charge in [-0.2, -0.15) is 0 Å². The first-order valence-electron chi connectivity index (χ1n) is 10.9. The lowest BCUT2D eigenvalue weighted by molar-refractivity contribution is -0.384. The molecule has 0 bridgehead atoms. The van der Waals surface area contributed by atoms with Gasteiger partial charge in [-0.3, -0.25) is 24.7 Å². The number of nitro benzene ring substituents is 1. The smallest absolute Gasteiger partial charge is 0.269 e. The maximum atomic E-state index is 13.2. The van der Waals surface area contributed by atoms with Crippen LogP contribution in [0.25, 0.3) is 10.8 Å². The summed E-state index contributed by atoms with van der Waals surface area (Å²) in [5, 5.41) is 13.1. The highest BCUT2D eigenvalue weighted by molar-refractivity contribution is 6.37. The number of fused-ring (bicyclic) bond motifs is 1. The summed E-state index contributed by atoms with van der Waals surface area (Å²) < 4.78 is 5.27. The Morgan fingerprint density at radius 1 is 1.06 bits per heavy atom. The fraction of sp³-hybridized carbons (Fsp3) is 0.320. The summed E-state index contributed by atoms with van der Waals surface area (Å²) in [6, 6.07) is 15.8. The molecule has 3 aromatic rings. The number of non-ortho nitro benzene ring substituents is 1. The van der Waals surface area contributed by atoms with Gasteiger partial charge in [0.2, 0.25) is 0 Å². The minimum Gasteiger partial charge on any atom is -0.495 e. The van der Waals surface area contributed by atoms with Gasteiger partial charge < -0.3 is 4.74 Å². The average molecular weight is 541 g/mol. The van der Waals surface area contributed by atoms with Crippen molar-refractivity contribution in [2.45, 2.75) is 19.5 Å². The van der Waals surface area contributed by atoms with Gasteiger partial charge in [-0.15, -0.1) is 24.8 Å². The molecule has 4 rings (SSSR count). The molecule has 35 heavy (non-hydrogen) atoms. The second kappa shape index (κ2) is 12.5. The predicted molar refractivity (Wildman–Crippen MR) is 144 cm³/mol. The van der Waals surface area contributed by atoms with Crippen LogP contribution < -0.4 is 4.74 Å². The molecule has 1 saturated heterocycles. The Bertz CT molecular complexity index is 1180. The maximum Gasteiger partial charge on any atom is 0.269 e. The van der Waals surface area contributed by atoms with Crippen LogP contribution in [0.3, 0.4) is 0 Å². The molecule has 0 aromatic heterocycles. The lowest BCUT2D eigenvalue weighted by Crippen LogP contribution is -2.51.